The fourth-order valence-electron chi connectivity index (χ4n) is 4.42. The monoisotopic (exact) mass is 349 g/mol. The summed E-state index contributed by atoms with van der Waals surface area (Å²) in [4.78, 5) is 13.9. The first-order chi connectivity index (χ1) is 12.2. The van der Waals surface area contributed by atoms with E-state index in [9.17, 15) is 9.18 Å². The van der Waals surface area contributed by atoms with Crippen LogP contribution in [0.5, 0.6) is 5.75 Å². The number of carbonyl (C=O) groups excluding carboxylic acids is 1. The highest BCUT2D eigenvalue weighted by Gasteiger charge is 2.42. The second-order valence-corrected chi connectivity index (χ2v) is 7.50. The average Bonchev–Trinajstić information content (AvgIpc) is 2.67. The number of ether oxygens (including phenoxy) is 1. The van der Waals surface area contributed by atoms with Crippen LogP contribution < -0.4 is 15.0 Å². The summed E-state index contributed by atoms with van der Waals surface area (Å²) in [5, 5.41) is 3.07. The van der Waals surface area contributed by atoms with Gasteiger partial charge in [-0.25, -0.2) is 4.39 Å². The van der Waals surface area contributed by atoms with Gasteiger partial charge >= 0.3 is 0 Å². The zero-order chi connectivity index (χ0) is 17.5. The summed E-state index contributed by atoms with van der Waals surface area (Å²) in [6.45, 7) is 3.03. The number of rotatable bonds is 6. The number of carbonyl (C=O) groups is 1. The second kappa shape index (κ2) is 8.65. The van der Waals surface area contributed by atoms with Gasteiger partial charge in [-0.05, 0) is 44.2 Å². The molecule has 1 saturated carbocycles. The smallest absolute Gasteiger partial charge is 0.258 e. The Balaban J connectivity index is 1.53. The lowest BCUT2D eigenvalue weighted by molar-refractivity contribution is -0.957. The van der Waals surface area contributed by atoms with E-state index in [1.807, 2.05) is 0 Å². The summed E-state index contributed by atoms with van der Waals surface area (Å²) in [5.74, 6) is -0.465. The van der Waals surface area contributed by atoms with Gasteiger partial charge in [-0.2, -0.15) is 0 Å². The summed E-state index contributed by atoms with van der Waals surface area (Å²) in [6.07, 6.45) is 10.1. The van der Waals surface area contributed by atoms with Crippen LogP contribution in [0.15, 0.2) is 24.3 Å². The number of para-hydroxylation sites is 1. The van der Waals surface area contributed by atoms with E-state index in [0.29, 0.717) is 6.54 Å². The van der Waals surface area contributed by atoms with E-state index in [4.69, 9.17) is 4.74 Å². The van der Waals surface area contributed by atoms with Crippen molar-refractivity contribution in [3.63, 3.8) is 0 Å². The molecule has 2 N–H and O–H groups in total. The summed E-state index contributed by atoms with van der Waals surface area (Å²) >= 11 is 0. The highest BCUT2D eigenvalue weighted by Crippen LogP contribution is 2.26. The average molecular weight is 349 g/mol. The Morgan fingerprint density at radius 2 is 1.76 bits per heavy atom. The number of hydrogen-bond donors (Lipinski definition) is 2. The molecular weight excluding hydrogens is 319 g/mol. The van der Waals surface area contributed by atoms with Crippen molar-refractivity contribution in [2.75, 3.05) is 26.2 Å². The molecule has 25 heavy (non-hydrogen) atoms. The molecule has 1 aliphatic carbocycles. The first-order valence-corrected chi connectivity index (χ1v) is 9.69. The van der Waals surface area contributed by atoms with Crippen molar-refractivity contribution in [3.05, 3.63) is 30.1 Å². The molecule has 1 amide bonds. The van der Waals surface area contributed by atoms with Crippen LogP contribution in [0.3, 0.4) is 0 Å². The van der Waals surface area contributed by atoms with Gasteiger partial charge in [0.2, 0.25) is 0 Å². The third kappa shape index (κ3) is 4.72. The van der Waals surface area contributed by atoms with Crippen LogP contribution in [0.2, 0.25) is 0 Å². The molecule has 0 radical (unpaired) electrons. The SMILES string of the molecule is O=C(COc1ccccc1F)NCC1([NH+]2CCCCC2)CCCCC1. The van der Waals surface area contributed by atoms with Gasteiger partial charge < -0.3 is 15.0 Å². The fraction of sp³-hybridized carbons (Fsp3) is 0.650. The van der Waals surface area contributed by atoms with Crippen molar-refractivity contribution in [2.24, 2.45) is 0 Å². The number of halogens is 1. The zero-order valence-electron chi connectivity index (χ0n) is 15.0. The van der Waals surface area contributed by atoms with Crippen molar-refractivity contribution in [2.45, 2.75) is 56.9 Å². The standard InChI is InChI=1S/C20H29FN2O2/c21-17-9-3-4-10-18(17)25-15-19(24)22-16-20(11-5-1-6-12-20)23-13-7-2-8-14-23/h3-4,9-10H,1-2,5-8,11-16H2,(H,22,24)/p+1. The minimum absolute atomic E-state index is 0.131. The molecule has 0 atom stereocenters. The quantitative estimate of drug-likeness (QED) is 0.826. The molecule has 138 valence electrons. The summed E-state index contributed by atoms with van der Waals surface area (Å²) in [7, 11) is 0. The van der Waals surface area contributed by atoms with Crippen LogP contribution >= 0.6 is 0 Å². The van der Waals surface area contributed by atoms with E-state index in [-0.39, 0.29) is 23.8 Å². The minimum atomic E-state index is -0.434. The second-order valence-electron chi connectivity index (χ2n) is 7.50. The Bertz CT molecular complexity index is 567. The number of quaternary nitrogens is 1. The van der Waals surface area contributed by atoms with Crippen molar-refractivity contribution in [3.8, 4) is 5.75 Å². The van der Waals surface area contributed by atoms with Crippen LogP contribution in [0.1, 0.15) is 51.4 Å². The van der Waals surface area contributed by atoms with E-state index in [0.717, 1.165) is 0 Å². The maximum Gasteiger partial charge on any atom is 0.258 e. The summed E-state index contributed by atoms with van der Waals surface area (Å²) in [6, 6.07) is 6.19. The van der Waals surface area contributed by atoms with E-state index in [2.05, 4.69) is 5.32 Å². The van der Waals surface area contributed by atoms with Crippen molar-refractivity contribution < 1.29 is 18.8 Å². The highest BCUT2D eigenvalue weighted by atomic mass is 19.1. The van der Waals surface area contributed by atoms with Gasteiger partial charge in [-0.15, -0.1) is 0 Å². The van der Waals surface area contributed by atoms with E-state index in [1.165, 1.54) is 70.5 Å². The van der Waals surface area contributed by atoms with Gasteiger partial charge in [0.25, 0.3) is 5.91 Å². The predicted octanol–water partition coefficient (Wildman–Crippen LogP) is 2.09. The van der Waals surface area contributed by atoms with Crippen LogP contribution in [-0.4, -0.2) is 37.7 Å². The number of hydrogen-bond acceptors (Lipinski definition) is 2. The summed E-state index contributed by atoms with van der Waals surface area (Å²) in [5.41, 5.74) is 0.187. The molecule has 0 spiro atoms. The number of nitrogens with one attached hydrogen (secondary N) is 2. The topological polar surface area (TPSA) is 42.8 Å². The molecule has 1 aromatic rings. The van der Waals surface area contributed by atoms with Crippen LogP contribution in [0.25, 0.3) is 0 Å². The third-order valence-electron chi connectivity index (χ3n) is 5.84. The Morgan fingerprint density at radius 3 is 2.48 bits per heavy atom. The molecule has 1 aliphatic heterocycles. The first kappa shape index (κ1) is 18.2. The molecule has 0 unspecified atom stereocenters. The maximum absolute atomic E-state index is 13.6. The van der Waals surface area contributed by atoms with Gasteiger partial charge in [0.15, 0.2) is 18.2 Å². The fourth-order valence-corrected chi connectivity index (χ4v) is 4.42. The summed E-state index contributed by atoms with van der Waals surface area (Å²) < 4.78 is 18.9. The lowest BCUT2D eigenvalue weighted by Crippen LogP contribution is -3.22. The molecule has 2 fully saturated rings. The van der Waals surface area contributed by atoms with E-state index >= 15 is 0 Å². The molecular formula is C20H30FN2O2+. The molecule has 1 saturated heterocycles. The first-order valence-electron chi connectivity index (χ1n) is 9.69. The normalized spacial score (nSPS) is 20.8. The van der Waals surface area contributed by atoms with Gasteiger partial charge in [0.1, 0.15) is 5.54 Å². The number of amides is 1. The van der Waals surface area contributed by atoms with Crippen molar-refractivity contribution in [1.82, 2.24) is 5.32 Å². The maximum atomic E-state index is 13.6. The van der Waals surface area contributed by atoms with Crippen LogP contribution in [0.4, 0.5) is 4.39 Å². The van der Waals surface area contributed by atoms with Crippen molar-refractivity contribution >= 4 is 5.91 Å². The highest BCUT2D eigenvalue weighted by molar-refractivity contribution is 5.77. The van der Waals surface area contributed by atoms with E-state index in [1.54, 1.807) is 23.1 Å². The lowest BCUT2D eigenvalue weighted by atomic mass is 9.79. The Morgan fingerprint density at radius 1 is 1.08 bits per heavy atom. The molecule has 3 rings (SSSR count). The predicted molar refractivity (Wildman–Crippen MR) is 95.3 cm³/mol. The van der Waals surface area contributed by atoms with Gasteiger partial charge in [-0.3, -0.25) is 4.79 Å². The van der Waals surface area contributed by atoms with Gasteiger partial charge in [0.05, 0.1) is 19.6 Å². The van der Waals surface area contributed by atoms with Crippen LogP contribution in [0, 0.1) is 5.82 Å². The lowest BCUT2D eigenvalue weighted by Gasteiger charge is -2.45. The van der Waals surface area contributed by atoms with E-state index < -0.39 is 5.82 Å². The third-order valence-corrected chi connectivity index (χ3v) is 5.84. The van der Waals surface area contributed by atoms with Gasteiger partial charge in [0, 0.05) is 12.8 Å². The Kier molecular flexibility index (Phi) is 6.29. The van der Waals surface area contributed by atoms with Gasteiger partial charge in [-0.1, -0.05) is 18.6 Å². The van der Waals surface area contributed by atoms with Crippen LogP contribution in [-0.2, 0) is 4.79 Å². The Hall–Kier alpha value is -1.62. The Labute approximate surface area is 149 Å². The molecule has 4 nitrogen and oxygen atoms in total. The van der Waals surface area contributed by atoms with Crippen molar-refractivity contribution in [1.29, 1.82) is 0 Å². The molecule has 1 heterocycles. The molecule has 0 bridgehead atoms. The number of likely N-dealkylation sites (tertiary alicyclic amines) is 1. The molecule has 5 heteroatoms. The minimum Gasteiger partial charge on any atom is -0.481 e. The zero-order valence-corrected chi connectivity index (χ0v) is 15.0. The number of piperidine rings is 1. The molecule has 1 aromatic carbocycles. The molecule has 2 aliphatic rings. The largest absolute Gasteiger partial charge is 0.481 e. The number of benzene rings is 1. The molecule has 0 aromatic heterocycles.